The summed E-state index contributed by atoms with van der Waals surface area (Å²) < 4.78 is 43.4. The molecule has 0 aliphatic carbocycles. The topological polar surface area (TPSA) is 63.3 Å². The second kappa shape index (κ2) is 4.52. The summed E-state index contributed by atoms with van der Waals surface area (Å²) in [6, 6.07) is 4.28. The number of nitrogens with zero attached hydrogens (tertiary/aromatic N) is 1. The minimum Gasteiger partial charge on any atom is -0.476 e. The highest BCUT2D eigenvalue weighted by Gasteiger charge is 2.22. The lowest BCUT2D eigenvalue weighted by Crippen LogP contribution is -1.95. The molecule has 0 atom stereocenters. The number of halogens is 3. The molecule has 0 saturated heterocycles. The highest BCUT2D eigenvalue weighted by atomic mass is 19.3. The standard InChI is InChI=1S/C11H6F3NO3/c12-6-3-1-2-5(9(6)10(13)14)8-4-7(11(16)17)15-18-8/h1-4,10H,(H,16,17). The van der Waals surface area contributed by atoms with Gasteiger partial charge in [0.25, 0.3) is 6.43 Å². The summed E-state index contributed by atoms with van der Waals surface area (Å²) in [6.07, 6.45) is -3.04. The molecule has 0 aliphatic heterocycles. The molecule has 0 bridgehead atoms. The summed E-state index contributed by atoms with van der Waals surface area (Å²) in [6.45, 7) is 0. The quantitative estimate of drug-likeness (QED) is 0.917. The van der Waals surface area contributed by atoms with Crippen molar-refractivity contribution in [2.45, 2.75) is 6.43 Å². The van der Waals surface area contributed by atoms with Gasteiger partial charge in [-0.15, -0.1) is 0 Å². The van der Waals surface area contributed by atoms with Crippen molar-refractivity contribution in [1.82, 2.24) is 5.16 Å². The van der Waals surface area contributed by atoms with Gasteiger partial charge in [-0.25, -0.2) is 18.0 Å². The molecule has 2 aromatic rings. The Morgan fingerprint density at radius 3 is 2.67 bits per heavy atom. The Kier molecular flexibility index (Phi) is 3.05. The Hall–Kier alpha value is -2.31. The van der Waals surface area contributed by atoms with Gasteiger partial charge in [-0.2, -0.15) is 0 Å². The summed E-state index contributed by atoms with van der Waals surface area (Å²) in [5, 5.41) is 11.8. The van der Waals surface area contributed by atoms with Crippen LogP contribution >= 0.6 is 0 Å². The van der Waals surface area contributed by atoms with Gasteiger partial charge in [-0.1, -0.05) is 17.3 Å². The molecule has 0 amide bonds. The van der Waals surface area contributed by atoms with Crippen LogP contribution in [-0.4, -0.2) is 16.2 Å². The van der Waals surface area contributed by atoms with E-state index in [1.165, 1.54) is 12.1 Å². The fourth-order valence-corrected chi connectivity index (χ4v) is 1.48. The van der Waals surface area contributed by atoms with Crippen molar-refractivity contribution in [2.75, 3.05) is 0 Å². The number of aromatic nitrogens is 1. The van der Waals surface area contributed by atoms with Crippen LogP contribution in [0.5, 0.6) is 0 Å². The van der Waals surface area contributed by atoms with E-state index in [0.717, 1.165) is 12.1 Å². The first-order valence-electron chi connectivity index (χ1n) is 4.77. The van der Waals surface area contributed by atoms with Crippen LogP contribution in [0, 0.1) is 5.82 Å². The third-order valence-corrected chi connectivity index (χ3v) is 2.27. The Bertz CT molecular complexity index is 595. The summed E-state index contributed by atoms with van der Waals surface area (Å²) in [7, 11) is 0. The predicted molar refractivity (Wildman–Crippen MR) is 53.8 cm³/mol. The van der Waals surface area contributed by atoms with Crippen LogP contribution in [-0.2, 0) is 0 Å². The summed E-state index contributed by atoms with van der Waals surface area (Å²) in [4.78, 5) is 10.6. The first kappa shape index (κ1) is 12.2. The lowest BCUT2D eigenvalue weighted by molar-refractivity contribution is 0.0685. The second-order valence-corrected chi connectivity index (χ2v) is 3.38. The molecule has 0 fully saturated rings. The van der Waals surface area contributed by atoms with Crippen LogP contribution in [0.15, 0.2) is 28.8 Å². The molecule has 1 N–H and O–H groups in total. The first-order valence-corrected chi connectivity index (χ1v) is 4.77. The van der Waals surface area contributed by atoms with Gasteiger partial charge in [-0.3, -0.25) is 0 Å². The normalized spacial score (nSPS) is 10.9. The van der Waals surface area contributed by atoms with Gasteiger partial charge in [-0.05, 0) is 6.07 Å². The highest BCUT2D eigenvalue weighted by molar-refractivity contribution is 5.86. The Morgan fingerprint density at radius 2 is 2.11 bits per heavy atom. The van der Waals surface area contributed by atoms with Crippen molar-refractivity contribution < 1.29 is 27.6 Å². The minimum absolute atomic E-state index is 0.218. The van der Waals surface area contributed by atoms with Crippen molar-refractivity contribution in [3.63, 3.8) is 0 Å². The molecule has 1 aromatic carbocycles. The maximum absolute atomic E-state index is 13.3. The zero-order valence-electron chi connectivity index (χ0n) is 8.73. The largest absolute Gasteiger partial charge is 0.476 e. The monoisotopic (exact) mass is 257 g/mol. The fraction of sp³-hybridized carbons (Fsp3) is 0.0909. The first-order chi connectivity index (χ1) is 8.50. The van der Waals surface area contributed by atoms with Crippen LogP contribution in [0.25, 0.3) is 11.3 Å². The molecule has 94 valence electrons. The van der Waals surface area contributed by atoms with Gasteiger partial charge >= 0.3 is 5.97 Å². The van der Waals surface area contributed by atoms with Crippen molar-refractivity contribution in [1.29, 1.82) is 0 Å². The van der Waals surface area contributed by atoms with Gasteiger partial charge in [0.1, 0.15) is 5.82 Å². The molecule has 0 saturated carbocycles. The van der Waals surface area contributed by atoms with Gasteiger partial charge in [0.2, 0.25) is 0 Å². The molecule has 0 spiro atoms. The number of alkyl halides is 2. The van der Waals surface area contributed by atoms with Crippen LogP contribution in [0.4, 0.5) is 13.2 Å². The average molecular weight is 257 g/mol. The van der Waals surface area contributed by atoms with Crippen molar-refractivity contribution >= 4 is 5.97 Å². The second-order valence-electron chi connectivity index (χ2n) is 3.38. The number of hydrogen-bond donors (Lipinski definition) is 1. The zero-order chi connectivity index (χ0) is 13.3. The van der Waals surface area contributed by atoms with E-state index in [2.05, 4.69) is 9.68 Å². The van der Waals surface area contributed by atoms with Gasteiger partial charge in [0, 0.05) is 11.6 Å². The van der Waals surface area contributed by atoms with Crippen molar-refractivity contribution in [2.24, 2.45) is 0 Å². The molecular formula is C11H6F3NO3. The molecule has 4 nitrogen and oxygen atoms in total. The van der Waals surface area contributed by atoms with Crippen LogP contribution in [0.1, 0.15) is 22.5 Å². The van der Waals surface area contributed by atoms with E-state index in [1.54, 1.807) is 0 Å². The number of rotatable bonds is 3. The number of carbonyl (C=O) groups is 1. The molecule has 18 heavy (non-hydrogen) atoms. The van der Waals surface area contributed by atoms with E-state index in [0.29, 0.717) is 0 Å². The number of hydrogen-bond acceptors (Lipinski definition) is 3. The third-order valence-electron chi connectivity index (χ3n) is 2.27. The molecule has 1 heterocycles. The Balaban J connectivity index is 2.56. The van der Waals surface area contributed by atoms with E-state index < -0.39 is 29.5 Å². The molecule has 0 radical (unpaired) electrons. The highest BCUT2D eigenvalue weighted by Crippen LogP contribution is 2.33. The average Bonchev–Trinajstić information content (AvgIpc) is 2.77. The Morgan fingerprint density at radius 1 is 1.39 bits per heavy atom. The predicted octanol–water partition coefficient (Wildman–Crippen LogP) is 3.12. The van der Waals surface area contributed by atoms with Crippen molar-refractivity contribution in [3.8, 4) is 11.3 Å². The molecule has 0 unspecified atom stereocenters. The van der Waals surface area contributed by atoms with Gasteiger partial charge < -0.3 is 9.63 Å². The van der Waals surface area contributed by atoms with Crippen LogP contribution in [0.2, 0.25) is 0 Å². The maximum atomic E-state index is 13.3. The third kappa shape index (κ3) is 2.06. The van der Waals surface area contributed by atoms with E-state index in [1.807, 2.05) is 0 Å². The summed E-state index contributed by atoms with van der Waals surface area (Å²) in [5.74, 6) is -2.67. The molecule has 0 aliphatic rings. The minimum atomic E-state index is -3.04. The Labute approximate surface area is 98.6 Å². The van der Waals surface area contributed by atoms with Crippen molar-refractivity contribution in [3.05, 3.63) is 41.3 Å². The van der Waals surface area contributed by atoms with E-state index in [9.17, 15) is 18.0 Å². The van der Waals surface area contributed by atoms with E-state index >= 15 is 0 Å². The maximum Gasteiger partial charge on any atom is 0.358 e. The molecule has 7 heteroatoms. The van der Waals surface area contributed by atoms with E-state index in [4.69, 9.17) is 5.11 Å². The zero-order valence-corrected chi connectivity index (χ0v) is 8.73. The van der Waals surface area contributed by atoms with E-state index in [-0.39, 0.29) is 11.3 Å². The lowest BCUT2D eigenvalue weighted by atomic mass is 10.0. The smallest absolute Gasteiger partial charge is 0.358 e. The summed E-state index contributed by atoms with van der Waals surface area (Å²) >= 11 is 0. The van der Waals surface area contributed by atoms with Gasteiger partial charge in [0.15, 0.2) is 11.5 Å². The van der Waals surface area contributed by atoms with Gasteiger partial charge in [0.05, 0.1) is 5.56 Å². The number of carboxylic acids is 1. The SMILES string of the molecule is O=C(O)c1cc(-c2cccc(F)c2C(F)F)on1. The van der Waals surface area contributed by atoms with Crippen LogP contribution in [0.3, 0.4) is 0 Å². The molecule has 2 rings (SSSR count). The molecule has 1 aromatic heterocycles. The van der Waals surface area contributed by atoms with Crippen LogP contribution < -0.4 is 0 Å². The number of aromatic carboxylic acids is 1. The fourth-order valence-electron chi connectivity index (χ4n) is 1.48. The lowest BCUT2D eigenvalue weighted by Gasteiger charge is -2.06. The number of benzene rings is 1. The number of carboxylic acid groups (broad SMARTS) is 1. The summed E-state index contributed by atoms with van der Waals surface area (Å²) in [5.41, 5.74) is -1.50. The molecular weight excluding hydrogens is 251 g/mol.